The number of hydrogen-bond acceptors (Lipinski definition) is 0. The minimum Gasteiger partial charge on any atom is -0.207 e. The first kappa shape index (κ1) is 10.9. The third kappa shape index (κ3) is 3.71. The van der Waals surface area contributed by atoms with E-state index >= 15 is 0 Å². The predicted molar refractivity (Wildman–Crippen MR) is 56.6 cm³/mol. The van der Waals surface area contributed by atoms with Crippen molar-refractivity contribution in [1.29, 1.82) is 0 Å². The van der Waals surface area contributed by atoms with E-state index in [1.165, 1.54) is 12.1 Å². The van der Waals surface area contributed by atoms with Gasteiger partial charge in [0.2, 0.25) is 0 Å². The summed E-state index contributed by atoms with van der Waals surface area (Å²) in [5.74, 6) is 1.64. The Kier molecular flexibility index (Phi) is 3.07. The number of hydrogen-bond donors (Lipinski definition) is 0. The third-order valence-electron chi connectivity index (χ3n) is 1.44. The van der Waals surface area contributed by atoms with Crippen molar-refractivity contribution < 1.29 is 8.78 Å². The Labute approximate surface area is 84.0 Å². The van der Waals surface area contributed by atoms with Crippen LogP contribution in [0.2, 0.25) is 19.6 Å². The van der Waals surface area contributed by atoms with Crippen LogP contribution in [-0.2, 0) is 0 Å². The van der Waals surface area contributed by atoms with E-state index in [9.17, 15) is 8.78 Å². The van der Waals surface area contributed by atoms with Crippen LogP contribution in [0.4, 0.5) is 8.78 Å². The molecule has 0 bridgehead atoms. The Bertz CT molecular complexity index is 374. The standard InChI is InChI=1S/C11H12F2Si/c1-14(2,3)5-4-9-6-10(12)8-11(13)7-9/h6-8H,1-3H3. The van der Waals surface area contributed by atoms with Crippen molar-refractivity contribution in [2.24, 2.45) is 0 Å². The maximum atomic E-state index is 12.8. The van der Waals surface area contributed by atoms with Crippen LogP contribution in [-0.4, -0.2) is 8.07 Å². The van der Waals surface area contributed by atoms with E-state index in [-0.39, 0.29) is 0 Å². The summed E-state index contributed by atoms with van der Waals surface area (Å²) in [5.41, 5.74) is 3.46. The molecule has 74 valence electrons. The van der Waals surface area contributed by atoms with E-state index < -0.39 is 19.7 Å². The molecule has 1 aromatic rings. The summed E-state index contributed by atoms with van der Waals surface area (Å²) in [5, 5.41) is 0. The maximum absolute atomic E-state index is 12.8. The summed E-state index contributed by atoms with van der Waals surface area (Å²) in [7, 11) is -1.48. The lowest BCUT2D eigenvalue weighted by molar-refractivity contribution is 0.582. The molecule has 0 aliphatic rings. The van der Waals surface area contributed by atoms with E-state index in [1.54, 1.807) is 0 Å². The molecule has 1 rings (SSSR count). The molecule has 0 atom stereocenters. The number of benzene rings is 1. The number of rotatable bonds is 0. The quantitative estimate of drug-likeness (QED) is 0.455. The molecule has 0 amide bonds. The van der Waals surface area contributed by atoms with E-state index in [4.69, 9.17) is 0 Å². The van der Waals surface area contributed by atoms with Crippen LogP contribution in [0.1, 0.15) is 5.56 Å². The van der Waals surface area contributed by atoms with Crippen molar-refractivity contribution >= 4 is 8.07 Å². The van der Waals surface area contributed by atoms with Gasteiger partial charge in [-0.05, 0) is 12.1 Å². The van der Waals surface area contributed by atoms with E-state index in [1.807, 2.05) is 0 Å². The lowest BCUT2D eigenvalue weighted by atomic mass is 10.2. The topological polar surface area (TPSA) is 0 Å². The summed E-state index contributed by atoms with van der Waals surface area (Å²) in [6.45, 7) is 6.24. The van der Waals surface area contributed by atoms with Gasteiger partial charge in [0.25, 0.3) is 0 Å². The lowest BCUT2D eigenvalue weighted by Crippen LogP contribution is -2.16. The van der Waals surface area contributed by atoms with Gasteiger partial charge in [0.15, 0.2) is 0 Å². The first-order chi connectivity index (χ1) is 6.37. The van der Waals surface area contributed by atoms with Crippen molar-refractivity contribution in [3.05, 3.63) is 35.4 Å². The van der Waals surface area contributed by atoms with Gasteiger partial charge in [0.1, 0.15) is 19.7 Å². The smallest absolute Gasteiger partial charge is 0.129 e. The van der Waals surface area contributed by atoms with Crippen LogP contribution in [0.25, 0.3) is 0 Å². The molecule has 0 unspecified atom stereocenters. The van der Waals surface area contributed by atoms with Gasteiger partial charge in [-0.3, -0.25) is 0 Å². The molecule has 0 radical (unpaired) electrons. The molecule has 0 nitrogen and oxygen atoms in total. The fourth-order valence-corrected chi connectivity index (χ4v) is 1.41. The summed E-state index contributed by atoms with van der Waals surface area (Å²) in [6, 6.07) is 3.34. The van der Waals surface area contributed by atoms with Crippen LogP contribution >= 0.6 is 0 Å². The van der Waals surface area contributed by atoms with Gasteiger partial charge in [-0.15, -0.1) is 5.54 Å². The highest BCUT2D eigenvalue weighted by molar-refractivity contribution is 6.83. The fourth-order valence-electron chi connectivity index (χ4n) is 0.886. The van der Waals surface area contributed by atoms with Crippen LogP contribution in [0.15, 0.2) is 18.2 Å². The van der Waals surface area contributed by atoms with Crippen LogP contribution in [0, 0.1) is 23.1 Å². The summed E-state index contributed by atoms with van der Waals surface area (Å²) in [6.07, 6.45) is 0. The van der Waals surface area contributed by atoms with Gasteiger partial charge in [-0.25, -0.2) is 8.78 Å². The summed E-state index contributed by atoms with van der Waals surface area (Å²) >= 11 is 0. The molecule has 0 N–H and O–H groups in total. The highest BCUT2D eigenvalue weighted by atomic mass is 28.3. The first-order valence-corrected chi connectivity index (χ1v) is 7.86. The first-order valence-electron chi connectivity index (χ1n) is 4.36. The van der Waals surface area contributed by atoms with E-state index in [0.29, 0.717) is 5.56 Å². The molecular formula is C11H12F2Si. The Morgan fingerprint density at radius 1 is 1.00 bits per heavy atom. The van der Waals surface area contributed by atoms with Gasteiger partial charge in [-0.1, -0.05) is 25.6 Å². The Balaban J connectivity index is 3.02. The van der Waals surface area contributed by atoms with Crippen molar-refractivity contribution in [3.63, 3.8) is 0 Å². The van der Waals surface area contributed by atoms with Crippen LogP contribution in [0.5, 0.6) is 0 Å². The highest BCUT2D eigenvalue weighted by Crippen LogP contribution is 2.07. The zero-order valence-electron chi connectivity index (χ0n) is 8.49. The SMILES string of the molecule is C[Si](C)(C)C#Cc1cc(F)cc(F)c1. The van der Waals surface area contributed by atoms with Crippen molar-refractivity contribution in [3.8, 4) is 11.5 Å². The van der Waals surface area contributed by atoms with E-state index in [0.717, 1.165) is 6.07 Å². The average molecular weight is 210 g/mol. The second kappa shape index (κ2) is 3.93. The van der Waals surface area contributed by atoms with Crippen molar-refractivity contribution in [2.45, 2.75) is 19.6 Å². The molecule has 0 spiro atoms. The molecule has 3 heteroatoms. The Morgan fingerprint density at radius 3 is 1.93 bits per heavy atom. The maximum Gasteiger partial charge on any atom is 0.129 e. The summed E-state index contributed by atoms with van der Waals surface area (Å²) in [4.78, 5) is 0. The Morgan fingerprint density at radius 2 is 1.50 bits per heavy atom. The van der Waals surface area contributed by atoms with Crippen LogP contribution < -0.4 is 0 Å². The van der Waals surface area contributed by atoms with Gasteiger partial charge in [0, 0.05) is 11.6 Å². The van der Waals surface area contributed by atoms with Crippen LogP contribution in [0.3, 0.4) is 0 Å². The third-order valence-corrected chi connectivity index (χ3v) is 2.32. The van der Waals surface area contributed by atoms with E-state index in [2.05, 4.69) is 31.1 Å². The molecule has 0 aliphatic heterocycles. The monoisotopic (exact) mass is 210 g/mol. The molecule has 1 aromatic carbocycles. The molecule has 0 saturated heterocycles. The largest absolute Gasteiger partial charge is 0.207 e. The fraction of sp³-hybridized carbons (Fsp3) is 0.273. The second-order valence-electron chi connectivity index (χ2n) is 4.16. The predicted octanol–water partition coefficient (Wildman–Crippen LogP) is 3.19. The Hall–Kier alpha value is -1.14. The second-order valence-corrected chi connectivity index (χ2v) is 8.91. The van der Waals surface area contributed by atoms with Gasteiger partial charge in [-0.2, -0.15) is 0 Å². The lowest BCUT2D eigenvalue weighted by Gasteiger charge is -2.03. The van der Waals surface area contributed by atoms with Gasteiger partial charge < -0.3 is 0 Å². The molecule has 0 aromatic heterocycles. The molecule has 0 heterocycles. The summed E-state index contributed by atoms with van der Waals surface area (Å²) < 4.78 is 25.5. The van der Waals surface area contributed by atoms with Gasteiger partial charge in [0.05, 0.1) is 0 Å². The minimum atomic E-state index is -1.48. The van der Waals surface area contributed by atoms with Gasteiger partial charge >= 0.3 is 0 Å². The molecule has 0 saturated carbocycles. The van der Waals surface area contributed by atoms with Crippen molar-refractivity contribution in [2.75, 3.05) is 0 Å². The average Bonchev–Trinajstić information content (AvgIpc) is 1.97. The molecular weight excluding hydrogens is 198 g/mol. The molecule has 14 heavy (non-hydrogen) atoms. The number of halogens is 2. The normalized spacial score (nSPS) is 10.6. The zero-order valence-corrected chi connectivity index (χ0v) is 9.49. The molecule has 0 fully saturated rings. The molecule has 0 aliphatic carbocycles. The minimum absolute atomic E-state index is 0.407. The zero-order chi connectivity index (χ0) is 10.8. The highest BCUT2D eigenvalue weighted by Gasteiger charge is 2.07. The van der Waals surface area contributed by atoms with Crippen molar-refractivity contribution in [1.82, 2.24) is 0 Å².